The van der Waals surface area contributed by atoms with E-state index in [4.69, 9.17) is 0 Å². The normalized spacial score (nSPS) is 10.4. The van der Waals surface area contributed by atoms with Crippen LogP contribution in [0.3, 0.4) is 0 Å². The van der Waals surface area contributed by atoms with Gasteiger partial charge >= 0.3 is 0 Å². The summed E-state index contributed by atoms with van der Waals surface area (Å²) in [7, 11) is 0. The number of benzene rings is 2. The van der Waals surface area contributed by atoms with Crippen LogP contribution in [0, 0.1) is 5.82 Å². The third-order valence-electron chi connectivity index (χ3n) is 3.54. The van der Waals surface area contributed by atoms with Crippen molar-refractivity contribution in [1.82, 2.24) is 4.98 Å². The van der Waals surface area contributed by atoms with E-state index in [1.54, 1.807) is 36.5 Å². The Kier molecular flexibility index (Phi) is 4.52. The minimum absolute atomic E-state index is 0.0295. The van der Waals surface area contributed by atoms with Crippen LogP contribution in [-0.4, -0.2) is 16.0 Å². The smallest absolute Gasteiger partial charge is 0.258 e. The number of rotatable bonds is 4. The second kappa shape index (κ2) is 6.91. The molecule has 3 rings (SSSR count). The summed E-state index contributed by atoms with van der Waals surface area (Å²) in [5, 5.41) is 10.1. The maximum atomic E-state index is 13.5. The molecule has 0 fully saturated rings. The van der Waals surface area contributed by atoms with Gasteiger partial charge in [-0.2, -0.15) is 0 Å². The molecule has 1 N–H and O–H groups in total. The van der Waals surface area contributed by atoms with Gasteiger partial charge in [0.1, 0.15) is 11.6 Å². The third kappa shape index (κ3) is 3.41. The van der Waals surface area contributed by atoms with Crippen LogP contribution in [0.5, 0.6) is 5.75 Å². The Bertz CT molecular complexity index is 853. The first-order valence-corrected chi connectivity index (χ1v) is 7.40. The van der Waals surface area contributed by atoms with Crippen LogP contribution in [0.4, 0.5) is 10.1 Å². The predicted molar refractivity (Wildman–Crippen MR) is 89.3 cm³/mol. The van der Waals surface area contributed by atoms with Gasteiger partial charge in [-0.15, -0.1) is 0 Å². The lowest BCUT2D eigenvalue weighted by Gasteiger charge is -2.23. The van der Waals surface area contributed by atoms with Gasteiger partial charge in [-0.3, -0.25) is 14.7 Å². The Balaban J connectivity index is 2.01. The highest BCUT2D eigenvalue weighted by atomic mass is 19.1. The minimum atomic E-state index is -0.490. The lowest BCUT2D eigenvalue weighted by molar-refractivity contribution is 0.0983. The van der Waals surface area contributed by atoms with E-state index in [9.17, 15) is 14.3 Å². The van der Waals surface area contributed by atoms with Crippen molar-refractivity contribution in [2.24, 2.45) is 0 Å². The van der Waals surface area contributed by atoms with E-state index in [1.165, 1.54) is 35.2 Å². The van der Waals surface area contributed by atoms with E-state index in [2.05, 4.69) is 4.98 Å². The van der Waals surface area contributed by atoms with Crippen molar-refractivity contribution in [3.63, 3.8) is 0 Å². The molecule has 2 aromatic carbocycles. The molecule has 1 aromatic heterocycles. The van der Waals surface area contributed by atoms with E-state index in [0.29, 0.717) is 11.4 Å². The number of aromatic hydroxyl groups is 1. The summed E-state index contributed by atoms with van der Waals surface area (Å²) < 4.78 is 13.5. The van der Waals surface area contributed by atoms with Crippen LogP contribution in [0.2, 0.25) is 0 Å². The zero-order chi connectivity index (χ0) is 16.9. The van der Waals surface area contributed by atoms with Crippen LogP contribution in [0.25, 0.3) is 0 Å². The number of phenols is 1. The van der Waals surface area contributed by atoms with E-state index >= 15 is 0 Å². The molecule has 4 nitrogen and oxygen atoms in total. The lowest BCUT2D eigenvalue weighted by Crippen LogP contribution is -2.30. The summed E-state index contributed by atoms with van der Waals surface area (Å²) in [6.07, 6.45) is 1.63. The van der Waals surface area contributed by atoms with Crippen LogP contribution in [0.15, 0.2) is 72.9 Å². The zero-order valence-electron chi connectivity index (χ0n) is 12.8. The molecule has 24 heavy (non-hydrogen) atoms. The molecule has 3 aromatic rings. The highest BCUT2D eigenvalue weighted by Gasteiger charge is 2.21. The number of anilines is 1. The monoisotopic (exact) mass is 322 g/mol. The Labute approximate surface area is 138 Å². The Morgan fingerprint density at radius 2 is 1.83 bits per heavy atom. The van der Waals surface area contributed by atoms with E-state index in [0.717, 1.165) is 0 Å². The van der Waals surface area contributed by atoms with Crippen LogP contribution in [-0.2, 0) is 6.54 Å². The van der Waals surface area contributed by atoms with Gasteiger partial charge in [-0.05, 0) is 42.5 Å². The molecule has 0 aliphatic carbocycles. The van der Waals surface area contributed by atoms with E-state index in [-0.39, 0.29) is 17.9 Å². The number of pyridine rings is 1. The van der Waals surface area contributed by atoms with Crippen molar-refractivity contribution < 1.29 is 14.3 Å². The molecular formula is C19H15FN2O2. The number of hydrogen-bond acceptors (Lipinski definition) is 3. The van der Waals surface area contributed by atoms with Crippen LogP contribution >= 0.6 is 0 Å². The number of halogens is 1. The molecule has 0 atom stereocenters. The van der Waals surface area contributed by atoms with Gasteiger partial charge in [0, 0.05) is 11.8 Å². The van der Waals surface area contributed by atoms with Crippen molar-refractivity contribution in [2.75, 3.05) is 4.90 Å². The van der Waals surface area contributed by atoms with Crippen LogP contribution in [0.1, 0.15) is 16.1 Å². The minimum Gasteiger partial charge on any atom is -0.506 e. The highest BCUT2D eigenvalue weighted by Crippen LogP contribution is 2.29. The summed E-state index contributed by atoms with van der Waals surface area (Å²) in [6.45, 7) is 0.160. The molecular weight excluding hydrogens is 307 g/mol. The fourth-order valence-corrected chi connectivity index (χ4v) is 2.39. The summed E-state index contributed by atoms with van der Waals surface area (Å²) >= 11 is 0. The van der Waals surface area contributed by atoms with Gasteiger partial charge in [-0.25, -0.2) is 4.39 Å². The Morgan fingerprint density at radius 1 is 1.04 bits per heavy atom. The molecule has 0 radical (unpaired) electrons. The van der Waals surface area contributed by atoms with E-state index in [1.807, 2.05) is 6.07 Å². The molecule has 1 heterocycles. The standard InChI is InChI=1S/C19H15FN2O2/c20-15-7-5-6-14(12-15)19(24)22(13-16-8-3-4-11-21-16)17-9-1-2-10-18(17)23/h1-12,23H,13H2. The number of para-hydroxylation sites is 2. The molecule has 0 bridgehead atoms. The molecule has 0 aliphatic heterocycles. The number of hydrogen-bond donors (Lipinski definition) is 1. The van der Waals surface area contributed by atoms with Crippen molar-refractivity contribution >= 4 is 11.6 Å². The quantitative estimate of drug-likeness (QED) is 0.795. The molecule has 120 valence electrons. The van der Waals surface area contributed by atoms with Crippen molar-refractivity contribution in [1.29, 1.82) is 0 Å². The third-order valence-corrected chi connectivity index (χ3v) is 3.54. The fraction of sp³-hybridized carbons (Fsp3) is 0.0526. The molecule has 0 spiro atoms. The first-order valence-electron chi connectivity index (χ1n) is 7.40. The largest absolute Gasteiger partial charge is 0.506 e. The summed E-state index contributed by atoms with van der Waals surface area (Å²) in [5.74, 6) is -0.934. The SMILES string of the molecule is O=C(c1cccc(F)c1)N(Cc1ccccn1)c1ccccc1O. The van der Waals surface area contributed by atoms with Gasteiger partial charge < -0.3 is 5.11 Å². The van der Waals surface area contributed by atoms with Crippen LogP contribution < -0.4 is 4.90 Å². The molecule has 0 aliphatic rings. The highest BCUT2D eigenvalue weighted by molar-refractivity contribution is 6.06. The van der Waals surface area contributed by atoms with Crippen molar-refractivity contribution in [2.45, 2.75) is 6.54 Å². The average molecular weight is 322 g/mol. The number of phenolic OH excluding ortho intramolecular Hbond substituents is 1. The Morgan fingerprint density at radius 3 is 2.54 bits per heavy atom. The molecule has 1 amide bonds. The second-order valence-corrected chi connectivity index (χ2v) is 5.21. The molecule has 5 heteroatoms. The van der Waals surface area contributed by atoms with Gasteiger partial charge in [0.25, 0.3) is 5.91 Å². The first kappa shape index (κ1) is 15.7. The summed E-state index contributed by atoms with van der Waals surface area (Å²) in [4.78, 5) is 18.5. The zero-order valence-corrected chi connectivity index (χ0v) is 12.8. The van der Waals surface area contributed by atoms with E-state index < -0.39 is 11.7 Å². The van der Waals surface area contributed by atoms with Gasteiger partial charge in [0.2, 0.25) is 0 Å². The lowest BCUT2D eigenvalue weighted by atomic mass is 10.1. The maximum absolute atomic E-state index is 13.5. The van der Waals surface area contributed by atoms with Crippen molar-refractivity contribution in [3.8, 4) is 5.75 Å². The summed E-state index contributed by atoms with van der Waals surface area (Å²) in [6, 6.07) is 17.4. The van der Waals surface area contributed by atoms with Gasteiger partial charge in [0.15, 0.2) is 0 Å². The number of carbonyl (C=O) groups is 1. The fourth-order valence-electron chi connectivity index (χ4n) is 2.39. The maximum Gasteiger partial charge on any atom is 0.258 e. The number of aromatic nitrogens is 1. The Hall–Kier alpha value is -3.21. The van der Waals surface area contributed by atoms with Gasteiger partial charge in [0.05, 0.1) is 17.9 Å². The predicted octanol–water partition coefficient (Wildman–Crippen LogP) is 3.77. The molecule has 0 saturated carbocycles. The topological polar surface area (TPSA) is 53.4 Å². The number of carbonyl (C=O) groups excluding carboxylic acids is 1. The van der Waals surface area contributed by atoms with Gasteiger partial charge in [-0.1, -0.05) is 24.3 Å². The number of nitrogens with zero attached hydrogens (tertiary/aromatic N) is 2. The van der Waals surface area contributed by atoms with Crippen molar-refractivity contribution in [3.05, 3.63) is 90.0 Å². The first-order chi connectivity index (χ1) is 11.6. The average Bonchev–Trinajstić information content (AvgIpc) is 2.61. The number of amides is 1. The second-order valence-electron chi connectivity index (χ2n) is 5.21. The molecule has 0 unspecified atom stereocenters. The molecule has 0 saturated heterocycles. The summed E-state index contributed by atoms with van der Waals surface area (Å²) in [5.41, 5.74) is 1.21.